The van der Waals surface area contributed by atoms with Crippen LogP contribution in [0.15, 0.2) is 84.3 Å². The summed E-state index contributed by atoms with van der Waals surface area (Å²) in [4.78, 5) is 0. The molecule has 5 rings (SSSR count). The molecule has 1 aromatic heterocycles. The fraction of sp³-hybridized carbons (Fsp3) is 0.130. The first-order valence-electron chi connectivity index (χ1n) is 9.17. The molecule has 0 saturated heterocycles. The first-order valence-corrected chi connectivity index (χ1v) is 14.1. The highest BCUT2D eigenvalue weighted by Gasteiger charge is 2.28. The van der Waals surface area contributed by atoms with Gasteiger partial charge in [-0.1, -0.05) is 81.1 Å². The molecular weight excluding hydrogens is 349 g/mol. The Balaban J connectivity index is 1.71. The second-order valence-corrected chi connectivity index (χ2v) is 15.2. The first-order chi connectivity index (χ1) is 12.6. The average Bonchev–Trinajstić information content (AvgIpc) is 3.19. The van der Waals surface area contributed by atoms with Crippen molar-refractivity contribution in [3.8, 4) is 5.69 Å². The second kappa shape index (κ2) is 5.94. The molecule has 0 fully saturated rings. The van der Waals surface area contributed by atoms with E-state index in [4.69, 9.17) is 0 Å². The van der Waals surface area contributed by atoms with Crippen LogP contribution in [0, 0.1) is 0 Å². The molecule has 0 N–H and O–H groups in total. The molecule has 0 bridgehead atoms. The number of hydrogen-bond acceptors (Lipinski definition) is 0. The van der Waals surface area contributed by atoms with Gasteiger partial charge in [0.1, 0.15) is 0 Å². The fourth-order valence-corrected chi connectivity index (χ4v) is 12.2. The maximum absolute atomic E-state index is 2.53. The molecule has 1 aliphatic heterocycles. The minimum atomic E-state index is -1.12. The highest BCUT2D eigenvalue weighted by Crippen LogP contribution is 2.45. The summed E-state index contributed by atoms with van der Waals surface area (Å²) >= 11 is 0. The van der Waals surface area contributed by atoms with Crippen LogP contribution in [-0.2, 0) is 0 Å². The van der Waals surface area contributed by atoms with Crippen molar-refractivity contribution in [1.29, 1.82) is 0 Å². The van der Waals surface area contributed by atoms with E-state index in [1.165, 1.54) is 38.6 Å². The SMILES string of the molecule is C[Si]1(C)C=CP(c2cccc(-n3c4ccccc4c4ccccc43)c2)C1. The maximum Gasteiger partial charge on any atom is 0.0766 e. The summed E-state index contributed by atoms with van der Waals surface area (Å²) in [6.45, 7) is 4.95. The van der Waals surface area contributed by atoms with Gasteiger partial charge in [-0.15, -0.1) is 0 Å². The van der Waals surface area contributed by atoms with Crippen LogP contribution in [0.3, 0.4) is 0 Å². The third-order valence-corrected chi connectivity index (χ3v) is 12.7. The Kier molecular flexibility index (Phi) is 3.67. The summed E-state index contributed by atoms with van der Waals surface area (Å²) in [5.41, 5.74) is 6.39. The van der Waals surface area contributed by atoms with Gasteiger partial charge < -0.3 is 4.57 Å². The molecule has 3 aromatic carbocycles. The zero-order valence-electron chi connectivity index (χ0n) is 15.2. The molecule has 3 heteroatoms. The van der Waals surface area contributed by atoms with E-state index in [2.05, 4.69) is 102 Å². The van der Waals surface area contributed by atoms with Crippen LogP contribution in [-0.4, -0.2) is 18.4 Å². The molecule has 1 unspecified atom stereocenters. The number of para-hydroxylation sites is 2. The van der Waals surface area contributed by atoms with Crippen molar-refractivity contribution in [2.75, 3.05) is 5.79 Å². The number of benzene rings is 3. The van der Waals surface area contributed by atoms with E-state index in [1.54, 1.807) is 0 Å². The van der Waals surface area contributed by atoms with E-state index in [-0.39, 0.29) is 7.92 Å². The normalized spacial score (nSPS) is 18.8. The van der Waals surface area contributed by atoms with Crippen molar-refractivity contribution in [2.24, 2.45) is 0 Å². The van der Waals surface area contributed by atoms with Crippen LogP contribution in [0.5, 0.6) is 0 Å². The predicted molar refractivity (Wildman–Crippen MR) is 119 cm³/mol. The standard InChI is InChI=1S/C23H22NPSi/c1-26(2)15-14-25(17-26)19-9-7-8-18(16-19)24-22-12-5-3-10-20(22)21-11-4-6-13-23(21)24/h3-16H,17H2,1-2H3. The van der Waals surface area contributed by atoms with Crippen LogP contribution in [0.4, 0.5) is 0 Å². The van der Waals surface area contributed by atoms with E-state index in [9.17, 15) is 0 Å². The van der Waals surface area contributed by atoms with Gasteiger partial charge in [0.05, 0.1) is 19.1 Å². The summed E-state index contributed by atoms with van der Waals surface area (Å²) in [5.74, 6) is 3.89. The number of rotatable bonds is 2. The molecule has 0 saturated carbocycles. The van der Waals surface area contributed by atoms with Gasteiger partial charge in [0.2, 0.25) is 0 Å². The third-order valence-electron chi connectivity index (χ3n) is 5.28. The van der Waals surface area contributed by atoms with Gasteiger partial charge in [0.15, 0.2) is 0 Å². The molecule has 2 heterocycles. The molecule has 1 atom stereocenters. The largest absolute Gasteiger partial charge is 0.309 e. The van der Waals surface area contributed by atoms with E-state index in [0.717, 1.165) is 0 Å². The molecule has 0 spiro atoms. The van der Waals surface area contributed by atoms with Crippen LogP contribution in [0.1, 0.15) is 0 Å². The lowest BCUT2D eigenvalue weighted by Gasteiger charge is -2.17. The summed E-state index contributed by atoms with van der Waals surface area (Å²) < 4.78 is 2.42. The lowest BCUT2D eigenvalue weighted by atomic mass is 10.2. The lowest BCUT2D eigenvalue weighted by Crippen LogP contribution is -2.24. The van der Waals surface area contributed by atoms with Crippen molar-refractivity contribution >= 4 is 43.1 Å². The number of nitrogens with zero attached hydrogens (tertiary/aromatic N) is 1. The van der Waals surface area contributed by atoms with E-state index < -0.39 is 8.07 Å². The number of fused-ring (bicyclic) bond motifs is 3. The lowest BCUT2D eigenvalue weighted by molar-refractivity contribution is 1.18. The first kappa shape index (κ1) is 16.1. The Labute approximate surface area is 156 Å². The molecular formula is C23H22NPSi. The summed E-state index contributed by atoms with van der Waals surface area (Å²) in [5, 5.41) is 4.16. The van der Waals surface area contributed by atoms with Crippen molar-refractivity contribution in [2.45, 2.75) is 13.1 Å². The molecule has 0 radical (unpaired) electrons. The molecule has 0 aliphatic carbocycles. The third kappa shape index (κ3) is 2.56. The van der Waals surface area contributed by atoms with E-state index in [1.807, 2.05) is 0 Å². The minimum Gasteiger partial charge on any atom is -0.309 e. The molecule has 1 aliphatic rings. The van der Waals surface area contributed by atoms with Gasteiger partial charge in [0.25, 0.3) is 0 Å². The Bertz CT molecular complexity index is 1100. The highest BCUT2D eigenvalue weighted by atomic mass is 31.1. The van der Waals surface area contributed by atoms with E-state index >= 15 is 0 Å². The highest BCUT2D eigenvalue weighted by molar-refractivity contribution is 7.72. The second-order valence-electron chi connectivity index (χ2n) is 7.82. The predicted octanol–water partition coefficient (Wildman–Crippen LogP) is 6.21. The van der Waals surface area contributed by atoms with Crippen LogP contribution in [0.25, 0.3) is 27.5 Å². The van der Waals surface area contributed by atoms with Gasteiger partial charge in [-0.3, -0.25) is 0 Å². The van der Waals surface area contributed by atoms with Crippen molar-refractivity contribution in [1.82, 2.24) is 4.57 Å². The number of hydrogen-bond donors (Lipinski definition) is 0. The molecule has 26 heavy (non-hydrogen) atoms. The smallest absolute Gasteiger partial charge is 0.0766 e. The summed E-state index contributed by atoms with van der Waals surface area (Å²) in [6.07, 6.45) is 0. The minimum absolute atomic E-state index is 0.139. The van der Waals surface area contributed by atoms with Gasteiger partial charge in [0, 0.05) is 16.5 Å². The maximum atomic E-state index is 2.53. The summed E-state index contributed by atoms with van der Waals surface area (Å²) in [7, 11) is -1.25. The Morgan fingerprint density at radius 3 is 2.08 bits per heavy atom. The van der Waals surface area contributed by atoms with Gasteiger partial charge in [-0.05, 0) is 35.4 Å². The van der Waals surface area contributed by atoms with Crippen LogP contribution in [0.2, 0.25) is 13.1 Å². The summed E-state index contributed by atoms with van der Waals surface area (Å²) in [6, 6.07) is 26.7. The van der Waals surface area contributed by atoms with Gasteiger partial charge >= 0.3 is 0 Å². The zero-order chi connectivity index (χ0) is 17.7. The van der Waals surface area contributed by atoms with Crippen LogP contribution < -0.4 is 5.30 Å². The fourth-order valence-electron chi connectivity index (χ4n) is 4.03. The monoisotopic (exact) mass is 371 g/mol. The number of aromatic nitrogens is 1. The van der Waals surface area contributed by atoms with Gasteiger partial charge in [-0.2, -0.15) is 0 Å². The van der Waals surface area contributed by atoms with E-state index in [0.29, 0.717) is 0 Å². The van der Waals surface area contributed by atoms with Crippen LogP contribution >= 0.6 is 7.92 Å². The Hall–Kier alpha value is -2.15. The zero-order valence-corrected chi connectivity index (χ0v) is 17.1. The molecule has 4 aromatic rings. The Morgan fingerprint density at radius 2 is 1.46 bits per heavy atom. The molecule has 0 amide bonds. The molecule has 128 valence electrons. The Morgan fingerprint density at radius 1 is 0.808 bits per heavy atom. The van der Waals surface area contributed by atoms with Crippen molar-refractivity contribution in [3.05, 3.63) is 84.3 Å². The van der Waals surface area contributed by atoms with Gasteiger partial charge in [-0.25, -0.2) is 0 Å². The van der Waals surface area contributed by atoms with Crippen molar-refractivity contribution in [3.63, 3.8) is 0 Å². The average molecular weight is 371 g/mol. The quantitative estimate of drug-likeness (QED) is 0.292. The molecule has 1 nitrogen and oxygen atoms in total. The van der Waals surface area contributed by atoms with Crippen molar-refractivity contribution < 1.29 is 0 Å². The topological polar surface area (TPSA) is 4.93 Å².